The third kappa shape index (κ3) is 7.26. The highest BCUT2D eigenvalue weighted by Gasteiger charge is 2.25. The fraction of sp³-hybridized carbons (Fsp3) is 0.538. The van der Waals surface area contributed by atoms with Gasteiger partial charge in [-0.15, -0.1) is 11.8 Å². The maximum absolute atomic E-state index is 11.6. The number of nitro benzene ring substituents is 2. The van der Waals surface area contributed by atoms with Gasteiger partial charge in [0, 0.05) is 12.3 Å². The Morgan fingerprint density at radius 3 is 2.26 bits per heavy atom. The molecule has 1 aromatic rings. The van der Waals surface area contributed by atoms with E-state index in [1.807, 2.05) is 0 Å². The van der Waals surface area contributed by atoms with Crippen molar-refractivity contribution >= 4 is 38.7 Å². The molecule has 0 heterocycles. The summed E-state index contributed by atoms with van der Waals surface area (Å²) in [5.41, 5.74) is -1.27. The Balaban J connectivity index is 3.12. The van der Waals surface area contributed by atoms with Gasteiger partial charge in [-0.2, -0.15) is 0 Å². The topological polar surface area (TPSA) is 193 Å². The summed E-state index contributed by atoms with van der Waals surface area (Å²) in [6.45, 7) is -1.31. The maximum Gasteiger partial charge on any atom is 0.299 e. The highest BCUT2D eigenvalue weighted by molar-refractivity contribution is 7.99. The van der Waals surface area contributed by atoms with Crippen molar-refractivity contribution in [3.05, 3.63) is 32.4 Å². The number of thioether (sulfide) groups is 1. The Morgan fingerprint density at radius 2 is 1.74 bits per heavy atom. The minimum absolute atomic E-state index is 0.0128. The average Bonchev–Trinajstić information content (AvgIpc) is 2.58. The van der Waals surface area contributed by atoms with Crippen LogP contribution >= 0.6 is 11.8 Å². The average molecular weight is 425 g/mol. The third-order valence-corrected chi connectivity index (χ3v) is 6.06. The molecular formula is C13H19N3O9S2. The van der Waals surface area contributed by atoms with Crippen LogP contribution in [-0.2, 0) is 9.84 Å². The van der Waals surface area contributed by atoms with Crippen LogP contribution in [0.5, 0.6) is 0 Å². The first-order valence-corrected chi connectivity index (χ1v) is 10.4. The first-order chi connectivity index (χ1) is 12.6. The van der Waals surface area contributed by atoms with Gasteiger partial charge in [-0.25, -0.2) is 8.42 Å². The number of sulfone groups is 1. The largest absolute Gasteiger partial charge is 0.395 e. The van der Waals surface area contributed by atoms with E-state index in [0.717, 1.165) is 23.9 Å². The fourth-order valence-electron chi connectivity index (χ4n) is 1.93. The van der Waals surface area contributed by atoms with Gasteiger partial charge in [-0.05, 0) is 6.07 Å². The Labute approximate surface area is 158 Å². The lowest BCUT2D eigenvalue weighted by atomic mass is 10.2. The van der Waals surface area contributed by atoms with E-state index in [1.165, 1.54) is 0 Å². The molecule has 0 fully saturated rings. The number of aliphatic hydroxyl groups excluding tert-OH is 3. The smallest absolute Gasteiger partial charge is 0.299 e. The molecule has 0 aliphatic heterocycles. The zero-order valence-corrected chi connectivity index (χ0v) is 15.6. The first-order valence-electron chi connectivity index (χ1n) is 7.55. The van der Waals surface area contributed by atoms with Gasteiger partial charge in [-0.3, -0.25) is 20.2 Å². The number of hydrogen-bond donors (Lipinski definition) is 4. The van der Waals surface area contributed by atoms with Gasteiger partial charge in [0.15, 0.2) is 9.84 Å². The van der Waals surface area contributed by atoms with Crippen molar-refractivity contribution in [2.75, 3.05) is 42.3 Å². The lowest BCUT2D eigenvalue weighted by Crippen LogP contribution is -2.20. The number of nitrogens with zero attached hydrogens (tertiary/aromatic N) is 2. The van der Waals surface area contributed by atoms with E-state index in [9.17, 15) is 33.8 Å². The van der Waals surface area contributed by atoms with Gasteiger partial charge in [-0.1, -0.05) is 0 Å². The number of rotatable bonds is 12. The standard InChI is InChI=1S/C13H19N3O9S2/c17-2-4-27(24,25)3-1-14-10-5-13(26-8-9(19)7-18)12(16(22)23)6-11(10)15(20)21/h5-6,9,14,17-19H,1-4,7-8H2. The maximum atomic E-state index is 11.6. The molecular weight excluding hydrogens is 406 g/mol. The second-order valence-electron chi connectivity index (χ2n) is 5.30. The number of nitro groups is 2. The number of anilines is 1. The molecule has 14 heteroatoms. The molecule has 152 valence electrons. The monoisotopic (exact) mass is 425 g/mol. The Hall–Kier alpha value is -2.00. The van der Waals surface area contributed by atoms with E-state index in [4.69, 9.17) is 10.2 Å². The summed E-state index contributed by atoms with van der Waals surface area (Å²) >= 11 is 0.824. The normalized spacial score (nSPS) is 12.6. The number of aliphatic hydroxyl groups is 3. The number of hydrogen-bond acceptors (Lipinski definition) is 11. The van der Waals surface area contributed by atoms with Gasteiger partial charge in [0.05, 0.1) is 51.6 Å². The molecule has 0 aromatic heterocycles. The van der Waals surface area contributed by atoms with Gasteiger partial charge >= 0.3 is 0 Å². The summed E-state index contributed by atoms with van der Waals surface area (Å²) in [4.78, 5) is 20.7. The van der Waals surface area contributed by atoms with Crippen molar-refractivity contribution in [1.82, 2.24) is 0 Å². The van der Waals surface area contributed by atoms with Crippen molar-refractivity contribution < 1.29 is 33.6 Å². The molecule has 1 atom stereocenters. The molecule has 0 saturated heterocycles. The van der Waals surface area contributed by atoms with Crippen molar-refractivity contribution in [2.24, 2.45) is 0 Å². The minimum Gasteiger partial charge on any atom is -0.395 e. The quantitative estimate of drug-likeness (QED) is 0.196. The van der Waals surface area contributed by atoms with Crippen LogP contribution in [0.2, 0.25) is 0 Å². The van der Waals surface area contributed by atoms with E-state index in [2.05, 4.69) is 5.32 Å². The Bertz CT molecular complexity index is 785. The van der Waals surface area contributed by atoms with Crippen molar-refractivity contribution in [3.8, 4) is 0 Å². The third-order valence-electron chi connectivity index (χ3n) is 3.24. The van der Waals surface area contributed by atoms with Crippen molar-refractivity contribution in [1.29, 1.82) is 0 Å². The number of nitrogens with one attached hydrogen (secondary N) is 1. The van der Waals surface area contributed by atoms with E-state index in [-0.39, 0.29) is 22.9 Å². The van der Waals surface area contributed by atoms with E-state index in [1.54, 1.807) is 0 Å². The number of benzene rings is 1. The Morgan fingerprint density at radius 1 is 1.11 bits per heavy atom. The summed E-state index contributed by atoms with van der Waals surface area (Å²) in [6, 6.07) is 1.88. The van der Waals surface area contributed by atoms with Crippen LogP contribution in [0.4, 0.5) is 17.1 Å². The summed E-state index contributed by atoms with van der Waals surface area (Å²) in [7, 11) is -3.55. The minimum atomic E-state index is -3.55. The molecule has 4 N–H and O–H groups in total. The zero-order chi connectivity index (χ0) is 20.6. The Kier molecular flexibility index (Phi) is 8.84. The molecule has 1 aromatic carbocycles. The van der Waals surface area contributed by atoms with Gasteiger partial charge in [0.25, 0.3) is 11.4 Å². The summed E-state index contributed by atoms with van der Waals surface area (Å²) < 4.78 is 23.2. The molecule has 0 saturated carbocycles. The molecule has 1 unspecified atom stereocenters. The van der Waals surface area contributed by atoms with Crippen LogP contribution in [0.25, 0.3) is 0 Å². The predicted molar refractivity (Wildman–Crippen MR) is 97.8 cm³/mol. The van der Waals surface area contributed by atoms with E-state index >= 15 is 0 Å². The highest BCUT2D eigenvalue weighted by atomic mass is 32.2. The lowest BCUT2D eigenvalue weighted by molar-refractivity contribution is -0.395. The molecule has 0 spiro atoms. The molecule has 0 aliphatic rings. The van der Waals surface area contributed by atoms with Gasteiger partial charge < -0.3 is 20.6 Å². The highest BCUT2D eigenvalue weighted by Crippen LogP contribution is 2.38. The SMILES string of the molecule is O=[N+]([O-])c1cc([N+](=O)[O-])c(SCC(O)CO)cc1NCCS(=O)(=O)CCO. The van der Waals surface area contributed by atoms with Crippen LogP contribution in [0.1, 0.15) is 0 Å². The molecule has 0 bridgehead atoms. The van der Waals surface area contributed by atoms with E-state index < -0.39 is 61.9 Å². The van der Waals surface area contributed by atoms with Crippen molar-refractivity contribution in [2.45, 2.75) is 11.0 Å². The second kappa shape index (κ2) is 10.4. The van der Waals surface area contributed by atoms with Crippen LogP contribution < -0.4 is 5.32 Å². The fourth-order valence-corrected chi connectivity index (χ4v) is 3.78. The predicted octanol–water partition coefficient (Wildman–Crippen LogP) is -0.233. The van der Waals surface area contributed by atoms with Gasteiger partial charge in [0.1, 0.15) is 5.69 Å². The van der Waals surface area contributed by atoms with Crippen LogP contribution in [0.15, 0.2) is 17.0 Å². The van der Waals surface area contributed by atoms with E-state index in [0.29, 0.717) is 0 Å². The summed E-state index contributed by atoms with van der Waals surface area (Å²) in [5, 5.41) is 51.8. The lowest BCUT2D eigenvalue weighted by Gasteiger charge is -2.11. The molecule has 0 aliphatic carbocycles. The molecule has 1 rings (SSSR count). The first kappa shape index (κ1) is 23.0. The summed E-state index contributed by atoms with van der Waals surface area (Å²) in [5.74, 6) is -0.927. The van der Waals surface area contributed by atoms with Gasteiger partial charge in [0.2, 0.25) is 0 Å². The molecule has 12 nitrogen and oxygen atoms in total. The molecule has 0 radical (unpaired) electrons. The molecule has 0 amide bonds. The van der Waals surface area contributed by atoms with Crippen molar-refractivity contribution in [3.63, 3.8) is 0 Å². The summed E-state index contributed by atoms with van der Waals surface area (Å²) in [6.07, 6.45) is -1.13. The zero-order valence-electron chi connectivity index (χ0n) is 14.0. The van der Waals surface area contributed by atoms with Crippen LogP contribution in [0, 0.1) is 20.2 Å². The van der Waals surface area contributed by atoms with Crippen LogP contribution in [0.3, 0.4) is 0 Å². The second-order valence-corrected chi connectivity index (χ2v) is 8.67. The van der Waals surface area contributed by atoms with Crippen LogP contribution in [-0.4, -0.2) is 76.7 Å². The molecule has 27 heavy (non-hydrogen) atoms.